The molecule has 1 aromatic heterocycles. The molecule has 0 saturated heterocycles. The van der Waals surface area contributed by atoms with Crippen LogP contribution < -0.4 is 11.1 Å². The fraction of sp³-hybridized carbons (Fsp3) is 0.231. The third-order valence-electron chi connectivity index (χ3n) is 2.83. The highest BCUT2D eigenvalue weighted by Crippen LogP contribution is 2.21. The summed E-state index contributed by atoms with van der Waals surface area (Å²) in [5.41, 5.74) is 8.68. The summed E-state index contributed by atoms with van der Waals surface area (Å²) in [5.74, 6) is -0.0430. The van der Waals surface area contributed by atoms with Crippen LogP contribution in [0.1, 0.15) is 28.4 Å². The number of nitrogens with one attached hydrogen (secondary N) is 1. The Morgan fingerprint density at radius 3 is 2.45 bits per heavy atom. The smallest absolute Gasteiger partial charge is 0.248 e. The first kappa shape index (κ1) is 13.5. The second-order valence-corrected chi connectivity index (χ2v) is 4.45. The second kappa shape index (κ2) is 5.01. The molecule has 102 valence electrons. The van der Waals surface area contributed by atoms with E-state index in [2.05, 4.69) is 21.5 Å². The average molecular weight is 270 g/mol. The number of rotatable bonds is 2. The van der Waals surface area contributed by atoms with Gasteiger partial charge in [0.1, 0.15) is 0 Å². The van der Waals surface area contributed by atoms with E-state index in [0.29, 0.717) is 5.56 Å². The molecule has 1 aromatic carbocycles. The van der Waals surface area contributed by atoms with E-state index in [-0.39, 0.29) is 17.8 Å². The van der Waals surface area contributed by atoms with Gasteiger partial charge in [-0.25, -0.2) is 0 Å². The molecular formula is C13H14N6O. The topological polar surface area (TPSA) is 110 Å². The zero-order chi connectivity index (χ0) is 14.9. The fourth-order valence-corrected chi connectivity index (χ4v) is 1.95. The predicted octanol–water partition coefficient (Wildman–Crippen LogP) is 1.75. The number of hydrogen-bond donors (Lipinski definition) is 2. The van der Waals surface area contributed by atoms with Crippen LogP contribution in [-0.4, -0.2) is 20.7 Å². The molecule has 1 heterocycles. The Morgan fingerprint density at radius 1 is 1.40 bits per heavy atom. The number of nitrogens with zero attached hydrogens (tertiary/aromatic N) is 4. The van der Waals surface area contributed by atoms with Gasteiger partial charge in [0.15, 0.2) is 0 Å². The molecule has 0 aliphatic heterocycles. The Labute approximate surface area is 116 Å². The van der Waals surface area contributed by atoms with Crippen LogP contribution in [0.4, 0.5) is 17.6 Å². The first-order chi connectivity index (χ1) is 9.42. The van der Waals surface area contributed by atoms with Crippen molar-refractivity contribution < 1.29 is 4.79 Å². The number of benzene rings is 1. The van der Waals surface area contributed by atoms with Gasteiger partial charge in [0.2, 0.25) is 17.8 Å². The van der Waals surface area contributed by atoms with Crippen LogP contribution in [0.5, 0.6) is 0 Å². The summed E-state index contributed by atoms with van der Waals surface area (Å²) in [6.07, 6.45) is 0. The minimum Gasteiger partial charge on any atom is -0.368 e. The molecule has 7 nitrogen and oxygen atoms in total. The number of aromatic nitrogens is 3. The lowest BCUT2D eigenvalue weighted by Crippen LogP contribution is -2.11. The molecule has 0 spiro atoms. The van der Waals surface area contributed by atoms with E-state index in [9.17, 15) is 4.79 Å². The lowest BCUT2D eigenvalue weighted by atomic mass is 10.0. The maximum Gasteiger partial charge on any atom is 0.248 e. The van der Waals surface area contributed by atoms with E-state index in [0.717, 1.165) is 21.5 Å². The lowest BCUT2D eigenvalue weighted by Gasteiger charge is -2.07. The normalized spacial score (nSPS) is 10.1. The van der Waals surface area contributed by atoms with Gasteiger partial charge >= 0.3 is 0 Å². The second-order valence-electron chi connectivity index (χ2n) is 4.45. The van der Waals surface area contributed by atoms with E-state index in [1.165, 1.54) is 6.92 Å². The number of aryl methyl sites for hydroxylation is 2. The van der Waals surface area contributed by atoms with Crippen LogP contribution in [0.15, 0.2) is 12.1 Å². The van der Waals surface area contributed by atoms with E-state index in [1.807, 2.05) is 26.0 Å². The van der Waals surface area contributed by atoms with Crippen molar-refractivity contribution in [1.29, 1.82) is 5.26 Å². The first-order valence-corrected chi connectivity index (χ1v) is 5.94. The number of nitrogens with two attached hydrogens (primary N) is 1. The Morgan fingerprint density at radius 2 is 2.00 bits per heavy atom. The molecule has 7 heteroatoms. The van der Waals surface area contributed by atoms with Crippen molar-refractivity contribution in [3.63, 3.8) is 0 Å². The maximum absolute atomic E-state index is 11.2. The van der Waals surface area contributed by atoms with Crippen molar-refractivity contribution in [1.82, 2.24) is 14.8 Å². The summed E-state index contributed by atoms with van der Waals surface area (Å²) >= 11 is 0. The summed E-state index contributed by atoms with van der Waals surface area (Å²) in [6.45, 7) is 5.06. The summed E-state index contributed by atoms with van der Waals surface area (Å²) < 4.78 is 1.02. The standard InChI is InChI=1S/C13H14N6O/c1-7-4-10(5-8(2)11(7)6-14)16-13-17-12(15)19(18-13)9(3)20/h4-5H,1-3H3,(H3,15,16,17,18). The van der Waals surface area contributed by atoms with Crippen molar-refractivity contribution in [3.8, 4) is 6.07 Å². The fourth-order valence-electron chi connectivity index (χ4n) is 1.95. The van der Waals surface area contributed by atoms with E-state index in [4.69, 9.17) is 11.0 Å². The number of anilines is 3. The highest BCUT2D eigenvalue weighted by Gasteiger charge is 2.11. The van der Waals surface area contributed by atoms with E-state index in [1.54, 1.807) is 0 Å². The van der Waals surface area contributed by atoms with E-state index >= 15 is 0 Å². The average Bonchev–Trinajstić information content (AvgIpc) is 2.70. The molecule has 0 unspecified atom stereocenters. The largest absolute Gasteiger partial charge is 0.368 e. The van der Waals surface area contributed by atoms with Crippen molar-refractivity contribution >= 4 is 23.5 Å². The van der Waals surface area contributed by atoms with Crippen molar-refractivity contribution in [2.75, 3.05) is 11.1 Å². The van der Waals surface area contributed by atoms with Crippen LogP contribution in [0.25, 0.3) is 0 Å². The number of carbonyl (C=O) groups is 1. The first-order valence-electron chi connectivity index (χ1n) is 5.94. The van der Waals surface area contributed by atoms with Gasteiger partial charge in [-0.05, 0) is 37.1 Å². The number of hydrogen-bond acceptors (Lipinski definition) is 6. The molecular weight excluding hydrogens is 256 g/mol. The van der Waals surface area contributed by atoms with Gasteiger partial charge in [0.25, 0.3) is 0 Å². The molecule has 3 N–H and O–H groups in total. The zero-order valence-corrected chi connectivity index (χ0v) is 11.4. The molecule has 2 rings (SSSR count). The minimum absolute atomic E-state index is 0.0297. The summed E-state index contributed by atoms with van der Waals surface area (Å²) in [7, 11) is 0. The lowest BCUT2D eigenvalue weighted by molar-refractivity contribution is 0.0924. The SMILES string of the molecule is CC(=O)n1nc(Nc2cc(C)c(C#N)c(C)c2)nc1N. The van der Waals surface area contributed by atoms with Crippen LogP contribution in [0, 0.1) is 25.2 Å². The number of nitriles is 1. The van der Waals surface area contributed by atoms with Gasteiger partial charge in [0, 0.05) is 12.6 Å². The van der Waals surface area contributed by atoms with Crippen molar-refractivity contribution in [2.24, 2.45) is 0 Å². The molecule has 2 aromatic rings. The molecule has 0 fully saturated rings. The quantitative estimate of drug-likeness (QED) is 0.860. The predicted molar refractivity (Wildman–Crippen MR) is 74.6 cm³/mol. The molecule has 0 saturated carbocycles. The van der Waals surface area contributed by atoms with Crippen molar-refractivity contribution in [2.45, 2.75) is 20.8 Å². The van der Waals surface area contributed by atoms with Gasteiger partial charge in [-0.3, -0.25) is 4.79 Å². The molecule has 0 amide bonds. The number of nitrogen functional groups attached to an aromatic ring is 1. The van der Waals surface area contributed by atoms with Crippen LogP contribution in [-0.2, 0) is 0 Å². The van der Waals surface area contributed by atoms with Crippen LogP contribution in [0.2, 0.25) is 0 Å². The Hall–Kier alpha value is -2.88. The summed E-state index contributed by atoms with van der Waals surface area (Å²) in [4.78, 5) is 15.2. The monoisotopic (exact) mass is 270 g/mol. The third-order valence-corrected chi connectivity index (χ3v) is 2.83. The molecule has 0 bridgehead atoms. The molecule has 0 aliphatic carbocycles. The highest BCUT2D eigenvalue weighted by atomic mass is 16.2. The summed E-state index contributed by atoms with van der Waals surface area (Å²) in [5, 5.41) is 16.0. The zero-order valence-electron chi connectivity index (χ0n) is 11.4. The highest BCUT2D eigenvalue weighted by molar-refractivity contribution is 5.78. The molecule has 20 heavy (non-hydrogen) atoms. The number of carbonyl (C=O) groups excluding carboxylic acids is 1. The molecule has 0 aliphatic rings. The third kappa shape index (κ3) is 2.44. The van der Waals surface area contributed by atoms with E-state index < -0.39 is 0 Å². The molecule has 0 radical (unpaired) electrons. The van der Waals surface area contributed by atoms with Gasteiger partial charge in [-0.15, -0.1) is 5.10 Å². The van der Waals surface area contributed by atoms with Gasteiger partial charge in [0.05, 0.1) is 11.6 Å². The Balaban J connectivity index is 2.34. The minimum atomic E-state index is -0.310. The maximum atomic E-state index is 11.2. The van der Waals surface area contributed by atoms with Gasteiger partial charge in [-0.2, -0.15) is 14.9 Å². The van der Waals surface area contributed by atoms with Crippen LogP contribution in [0.3, 0.4) is 0 Å². The van der Waals surface area contributed by atoms with Crippen molar-refractivity contribution in [3.05, 3.63) is 28.8 Å². The Bertz CT molecular complexity index is 702. The van der Waals surface area contributed by atoms with Gasteiger partial charge < -0.3 is 11.1 Å². The molecule has 0 atom stereocenters. The van der Waals surface area contributed by atoms with Crippen LogP contribution >= 0.6 is 0 Å². The van der Waals surface area contributed by atoms with Gasteiger partial charge in [-0.1, -0.05) is 0 Å². The Kier molecular flexibility index (Phi) is 3.39. The summed E-state index contributed by atoms with van der Waals surface area (Å²) in [6, 6.07) is 5.79.